The van der Waals surface area contributed by atoms with Gasteiger partial charge in [0.2, 0.25) is 0 Å². The molecule has 3 aliphatic rings. The van der Waals surface area contributed by atoms with Crippen LogP contribution in [0.25, 0.3) is 0 Å². The average Bonchev–Trinajstić information content (AvgIpc) is 3.05. The molecule has 3 heterocycles. The number of aliphatic hydroxyl groups excluding tert-OH is 4. The third-order valence-corrected chi connectivity index (χ3v) is 9.69. The molecule has 11 nitrogen and oxygen atoms in total. The second-order valence-electron chi connectivity index (χ2n) is 14.2. The lowest BCUT2D eigenvalue weighted by atomic mass is 9.83. The fraction of sp³-hybridized carbons (Fsp3) is 0.737. The molecule has 0 aliphatic carbocycles. The van der Waals surface area contributed by atoms with E-state index in [0.717, 1.165) is 24.8 Å². The number of hydrogen-bond acceptors (Lipinski definition) is 11. The minimum Gasteiger partial charge on any atom is -0.455 e. The number of allylic oxidation sites excluding steroid dienone is 5. The molecule has 49 heavy (non-hydrogen) atoms. The van der Waals surface area contributed by atoms with Gasteiger partial charge in [-0.2, -0.15) is 0 Å². The molecule has 2 fully saturated rings. The van der Waals surface area contributed by atoms with Crippen molar-refractivity contribution in [3.8, 4) is 0 Å². The Kier molecular flexibility index (Phi) is 16.3. The molecule has 0 aromatic rings. The lowest BCUT2D eigenvalue weighted by molar-refractivity contribution is -0.343. The Hall–Kier alpha value is -2.22. The molecular weight excluding hydrogens is 632 g/mol. The van der Waals surface area contributed by atoms with Crippen molar-refractivity contribution in [2.75, 3.05) is 0 Å². The van der Waals surface area contributed by atoms with Crippen molar-refractivity contribution in [1.82, 2.24) is 0 Å². The summed E-state index contributed by atoms with van der Waals surface area (Å²) in [4.78, 5) is 25.2. The minimum absolute atomic E-state index is 0.00231. The highest BCUT2D eigenvalue weighted by Gasteiger charge is 2.48. The summed E-state index contributed by atoms with van der Waals surface area (Å²) in [5, 5.41) is 42.3. The molecular formula is C38H60O11. The van der Waals surface area contributed by atoms with E-state index >= 15 is 0 Å². The number of ether oxygens (including phenoxy) is 5. The lowest BCUT2D eigenvalue weighted by Crippen LogP contribution is -2.61. The van der Waals surface area contributed by atoms with Gasteiger partial charge in [0.15, 0.2) is 12.6 Å². The molecule has 0 unspecified atom stereocenters. The highest BCUT2D eigenvalue weighted by molar-refractivity contribution is 5.85. The van der Waals surface area contributed by atoms with E-state index in [1.165, 1.54) is 6.08 Å². The molecule has 11 heteroatoms. The summed E-state index contributed by atoms with van der Waals surface area (Å²) in [5.41, 5.74) is 0.960. The number of carbonyl (C=O) groups is 2. The molecule has 278 valence electrons. The van der Waals surface area contributed by atoms with Gasteiger partial charge in [-0.05, 0) is 51.5 Å². The molecule has 0 saturated carbocycles. The van der Waals surface area contributed by atoms with Crippen LogP contribution in [0.2, 0.25) is 0 Å². The largest absolute Gasteiger partial charge is 0.455 e. The van der Waals surface area contributed by atoms with Gasteiger partial charge in [-0.25, -0.2) is 4.79 Å². The van der Waals surface area contributed by atoms with Crippen molar-refractivity contribution < 1.29 is 53.7 Å². The predicted octanol–water partition coefficient (Wildman–Crippen LogP) is 4.31. The van der Waals surface area contributed by atoms with Crippen LogP contribution in [0.15, 0.2) is 48.1 Å². The Bertz CT molecular complexity index is 1170. The van der Waals surface area contributed by atoms with E-state index in [1.807, 2.05) is 52.0 Å². The number of cyclic esters (lactones) is 1. The van der Waals surface area contributed by atoms with E-state index in [4.69, 9.17) is 23.7 Å². The van der Waals surface area contributed by atoms with Crippen LogP contribution in [0.1, 0.15) is 87.5 Å². The van der Waals surface area contributed by atoms with Crippen LogP contribution in [-0.4, -0.2) is 99.7 Å². The molecule has 0 amide bonds. The minimum atomic E-state index is -1.46. The zero-order chi connectivity index (χ0) is 36.4. The quantitative estimate of drug-likeness (QED) is 0.104. The van der Waals surface area contributed by atoms with Crippen molar-refractivity contribution in [2.45, 2.75) is 155 Å². The second kappa shape index (κ2) is 19.4. The molecule has 3 aliphatic heterocycles. The van der Waals surface area contributed by atoms with Gasteiger partial charge in [-0.3, -0.25) is 4.79 Å². The molecule has 15 atom stereocenters. The molecule has 4 N–H and O–H groups in total. The predicted molar refractivity (Wildman–Crippen MR) is 184 cm³/mol. The first kappa shape index (κ1) is 41.2. The van der Waals surface area contributed by atoms with Crippen molar-refractivity contribution in [3.63, 3.8) is 0 Å². The topological polar surface area (TPSA) is 161 Å². The summed E-state index contributed by atoms with van der Waals surface area (Å²) in [7, 11) is 0. The number of esters is 1. The first-order chi connectivity index (χ1) is 23.1. The van der Waals surface area contributed by atoms with Gasteiger partial charge >= 0.3 is 5.97 Å². The van der Waals surface area contributed by atoms with Crippen LogP contribution in [0.4, 0.5) is 0 Å². The van der Waals surface area contributed by atoms with Crippen LogP contribution in [-0.2, 0) is 33.3 Å². The van der Waals surface area contributed by atoms with Crippen LogP contribution in [0, 0.1) is 23.7 Å². The monoisotopic (exact) mass is 692 g/mol. The summed E-state index contributed by atoms with van der Waals surface area (Å²) in [5.74, 6) is -1.03. The smallest absolute Gasteiger partial charge is 0.331 e. The molecule has 0 radical (unpaired) electrons. The van der Waals surface area contributed by atoms with Gasteiger partial charge in [0.1, 0.15) is 36.3 Å². The fourth-order valence-electron chi connectivity index (χ4n) is 6.74. The van der Waals surface area contributed by atoms with Gasteiger partial charge in [-0.15, -0.1) is 0 Å². The molecule has 0 spiro atoms. The maximum Gasteiger partial charge on any atom is 0.331 e. The summed E-state index contributed by atoms with van der Waals surface area (Å²) >= 11 is 0. The van der Waals surface area contributed by atoms with Crippen molar-refractivity contribution in [2.24, 2.45) is 23.7 Å². The number of rotatable bonds is 16. The molecule has 3 rings (SSSR count). The summed E-state index contributed by atoms with van der Waals surface area (Å²) in [6.45, 7) is 15.1. The van der Waals surface area contributed by atoms with Gasteiger partial charge in [0.25, 0.3) is 0 Å². The van der Waals surface area contributed by atoms with Crippen LogP contribution in [0.5, 0.6) is 0 Å². The number of ketones is 1. The number of hydrogen-bond donors (Lipinski definition) is 4. The van der Waals surface area contributed by atoms with Gasteiger partial charge in [0.05, 0.1) is 24.4 Å². The van der Waals surface area contributed by atoms with E-state index < -0.39 is 73.2 Å². The van der Waals surface area contributed by atoms with Crippen molar-refractivity contribution in [1.29, 1.82) is 0 Å². The molecule has 0 bridgehead atoms. The van der Waals surface area contributed by atoms with Crippen LogP contribution >= 0.6 is 0 Å². The van der Waals surface area contributed by atoms with E-state index in [1.54, 1.807) is 13.8 Å². The third-order valence-electron chi connectivity index (χ3n) is 9.69. The van der Waals surface area contributed by atoms with E-state index in [-0.39, 0.29) is 36.1 Å². The van der Waals surface area contributed by atoms with E-state index in [2.05, 4.69) is 26.0 Å². The summed E-state index contributed by atoms with van der Waals surface area (Å²) in [6.07, 6.45) is 6.19. The lowest BCUT2D eigenvalue weighted by Gasteiger charge is -2.45. The maximum absolute atomic E-state index is 13.7. The molecule has 0 aromatic heterocycles. The van der Waals surface area contributed by atoms with Gasteiger partial charge in [0, 0.05) is 30.8 Å². The Morgan fingerprint density at radius 3 is 2.41 bits per heavy atom. The summed E-state index contributed by atoms with van der Waals surface area (Å²) < 4.78 is 29.2. The standard InChI is InChI=1S/C38H60O11/c1-9-12-23(4)36(49-38-35(44)34(43)37(27(8)46-38)48-31-20-29(39)33(42)26(7)45-31)25(6)32(41)24(5)19-22(3)14-10-13-21(2)17-18-28-15-11-16-30(40)47-28/h10-11,14,16-19,21,23-29,31,33-39,42-44H,9,12-13,15,20H2,1-8H3/b14-10+,18-17+,22-19+/t21-,23+,24+,25+,26+,27+,28+,29+,31-,33+,34+,35+,36+,37-,38-/m0/s1. The van der Waals surface area contributed by atoms with Crippen LogP contribution in [0.3, 0.4) is 0 Å². The zero-order valence-corrected chi connectivity index (χ0v) is 30.4. The maximum atomic E-state index is 13.7. The second-order valence-corrected chi connectivity index (χ2v) is 14.2. The number of Topliss-reactive ketones (excluding diaryl/α,β-unsaturated/α-hetero) is 1. The first-order valence-electron chi connectivity index (χ1n) is 17.9. The zero-order valence-electron chi connectivity index (χ0n) is 30.4. The van der Waals surface area contributed by atoms with Gasteiger partial charge in [-0.1, -0.05) is 77.0 Å². The molecule has 2 saturated heterocycles. The average molecular weight is 693 g/mol. The SMILES string of the molecule is CCC[C@@H](C)[C@@H](O[C@@H]1O[C@H](C)[C@H](O[C@H]2C[C@@H](O)[C@H](O)[C@@H](C)O2)[C@H](O)[C@H]1O)[C@H](C)C(=O)[C@H](C)/C=C(C)/C=C/C[C@H](C)/C=C/[C@H]1CC=CC(=O)O1. The third kappa shape index (κ3) is 11.9. The Morgan fingerprint density at radius 1 is 1.04 bits per heavy atom. The number of aliphatic hydroxyl groups is 4. The van der Waals surface area contributed by atoms with Crippen LogP contribution < -0.4 is 0 Å². The Balaban J connectivity index is 1.60. The number of carbonyl (C=O) groups excluding carboxylic acids is 2. The Morgan fingerprint density at radius 2 is 1.76 bits per heavy atom. The molecule has 0 aromatic carbocycles. The van der Waals surface area contributed by atoms with E-state index in [0.29, 0.717) is 6.42 Å². The van der Waals surface area contributed by atoms with Crippen molar-refractivity contribution in [3.05, 3.63) is 48.1 Å². The highest BCUT2D eigenvalue weighted by atomic mass is 16.7. The fourth-order valence-corrected chi connectivity index (χ4v) is 6.74. The van der Waals surface area contributed by atoms with Crippen molar-refractivity contribution >= 4 is 11.8 Å². The first-order valence-corrected chi connectivity index (χ1v) is 17.9. The highest BCUT2D eigenvalue weighted by Crippen LogP contribution is 2.33. The van der Waals surface area contributed by atoms with Gasteiger partial charge < -0.3 is 44.1 Å². The normalized spacial score (nSPS) is 36.0. The summed E-state index contributed by atoms with van der Waals surface area (Å²) in [6, 6.07) is 0. The Labute approximate surface area is 292 Å². The van der Waals surface area contributed by atoms with E-state index in [9.17, 15) is 30.0 Å².